The molecule has 0 aromatic heterocycles. The molecule has 0 heterocycles. The fraction of sp³-hybridized carbons (Fsp3) is 0.938. The lowest BCUT2D eigenvalue weighted by Gasteiger charge is -2.33. The van der Waals surface area contributed by atoms with E-state index in [4.69, 9.17) is 9.47 Å². The lowest BCUT2D eigenvalue weighted by atomic mass is 9.79. The predicted molar refractivity (Wildman–Crippen MR) is 77.1 cm³/mol. The first-order valence-electron chi connectivity index (χ1n) is 8.00. The van der Waals surface area contributed by atoms with Crippen LogP contribution in [0.4, 0.5) is 0 Å². The Morgan fingerprint density at radius 3 is 2.58 bits per heavy atom. The van der Waals surface area contributed by atoms with Crippen LogP contribution in [0.15, 0.2) is 0 Å². The minimum absolute atomic E-state index is 0.0255. The van der Waals surface area contributed by atoms with Gasteiger partial charge in [0, 0.05) is 6.61 Å². The van der Waals surface area contributed by atoms with Crippen LogP contribution in [0.3, 0.4) is 0 Å². The van der Waals surface area contributed by atoms with Gasteiger partial charge in [0.05, 0.1) is 18.1 Å². The molecule has 3 heteroatoms. The number of ether oxygens (including phenoxy) is 2. The number of rotatable bonds is 9. The quantitative estimate of drug-likeness (QED) is 0.467. The molecule has 1 saturated carbocycles. The van der Waals surface area contributed by atoms with E-state index < -0.39 is 0 Å². The molecule has 1 fully saturated rings. The van der Waals surface area contributed by atoms with Crippen LogP contribution < -0.4 is 0 Å². The van der Waals surface area contributed by atoms with Gasteiger partial charge in [-0.25, -0.2) is 0 Å². The van der Waals surface area contributed by atoms with Gasteiger partial charge in [0.1, 0.15) is 0 Å². The van der Waals surface area contributed by atoms with Crippen LogP contribution in [0.5, 0.6) is 0 Å². The minimum atomic E-state index is -0.361. The van der Waals surface area contributed by atoms with Crippen LogP contribution in [0.2, 0.25) is 0 Å². The maximum atomic E-state index is 12.4. The Balaban J connectivity index is 2.68. The molecule has 1 aliphatic carbocycles. The topological polar surface area (TPSA) is 35.5 Å². The molecular formula is C16H30O3. The fourth-order valence-corrected chi connectivity index (χ4v) is 3.25. The Labute approximate surface area is 118 Å². The summed E-state index contributed by atoms with van der Waals surface area (Å²) in [4.78, 5) is 12.4. The molecule has 2 atom stereocenters. The van der Waals surface area contributed by atoms with Gasteiger partial charge in [-0.05, 0) is 39.5 Å². The Morgan fingerprint density at radius 1 is 1.16 bits per heavy atom. The molecule has 3 nitrogen and oxygen atoms in total. The van der Waals surface area contributed by atoms with Crippen LogP contribution >= 0.6 is 0 Å². The van der Waals surface area contributed by atoms with Gasteiger partial charge < -0.3 is 9.47 Å². The summed E-state index contributed by atoms with van der Waals surface area (Å²) < 4.78 is 11.2. The zero-order chi connectivity index (χ0) is 14.1. The van der Waals surface area contributed by atoms with Crippen LogP contribution in [0.1, 0.15) is 72.1 Å². The summed E-state index contributed by atoms with van der Waals surface area (Å²) in [6.07, 6.45) is 8.79. The number of unbranched alkanes of at least 4 members (excludes halogenated alkanes) is 3. The van der Waals surface area contributed by atoms with Gasteiger partial charge in [0.2, 0.25) is 0 Å². The fourth-order valence-electron chi connectivity index (χ4n) is 3.25. The summed E-state index contributed by atoms with van der Waals surface area (Å²) in [5, 5.41) is 0. The highest BCUT2D eigenvalue weighted by Gasteiger charge is 2.50. The van der Waals surface area contributed by atoms with E-state index in [2.05, 4.69) is 6.92 Å². The van der Waals surface area contributed by atoms with Gasteiger partial charge in [-0.3, -0.25) is 4.79 Å². The Kier molecular flexibility index (Phi) is 7.44. The Bertz CT molecular complexity index is 265. The van der Waals surface area contributed by atoms with E-state index in [1.54, 1.807) is 0 Å². The van der Waals surface area contributed by atoms with Crippen molar-refractivity contribution in [1.29, 1.82) is 0 Å². The highest BCUT2D eigenvalue weighted by molar-refractivity contribution is 5.78. The Hall–Kier alpha value is -0.570. The van der Waals surface area contributed by atoms with Crippen molar-refractivity contribution in [2.45, 2.75) is 78.2 Å². The minimum Gasteiger partial charge on any atom is -0.465 e. The number of carbonyl (C=O) groups excluding carboxylic acids is 1. The maximum Gasteiger partial charge on any atom is 0.314 e. The van der Waals surface area contributed by atoms with Crippen LogP contribution in [0, 0.1) is 5.41 Å². The van der Waals surface area contributed by atoms with E-state index in [0.717, 1.165) is 32.1 Å². The summed E-state index contributed by atoms with van der Waals surface area (Å²) in [5.74, 6) is -0.0255. The van der Waals surface area contributed by atoms with E-state index >= 15 is 0 Å². The highest BCUT2D eigenvalue weighted by Crippen LogP contribution is 2.45. The molecule has 0 bridgehead atoms. The predicted octanol–water partition coefficient (Wildman–Crippen LogP) is 4.10. The standard InChI is InChI=1S/C16H30O3/c1-4-7-8-9-12-16(15(17)19-6-3)13-10-11-14(16)18-5-2/h14H,4-13H2,1-3H3. The van der Waals surface area contributed by atoms with Gasteiger partial charge >= 0.3 is 5.97 Å². The van der Waals surface area contributed by atoms with Crippen molar-refractivity contribution in [1.82, 2.24) is 0 Å². The molecular weight excluding hydrogens is 240 g/mol. The van der Waals surface area contributed by atoms with Crippen molar-refractivity contribution in [3.05, 3.63) is 0 Å². The first-order chi connectivity index (χ1) is 9.21. The number of hydrogen-bond donors (Lipinski definition) is 0. The molecule has 0 spiro atoms. The van der Waals surface area contributed by atoms with E-state index in [1.165, 1.54) is 19.3 Å². The van der Waals surface area contributed by atoms with Crippen molar-refractivity contribution in [2.75, 3.05) is 13.2 Å². The SMILES string of the molecule is CCCCCCC1(C(=O)OCC)CCCC1OCC. The second-order valence-electron chi connectivity index (χ2n) is 5.52. The first kappa shape index (κ1) is 16.5. The van der Waals surface area contributed by atoms with Gasteiger partial charge in [0.15, 0.2) is 0 Å². The Morgan fingerprint density at radius 2 is 1.95 bits per heavy atom. The molecule has 0 aromatic rings. The monoisotopic (exact) mass is 270 g/mol. The summed E-state index contributed by atoms with van der Waals surface area (Å²) in [5.41, 5.74) is -0.361. The molecule has 0 radical (unpaired) electrons. The number of esters is 1. The lowest BCUT2D eigenvalue weighted by molar-refractivity contribution is -0.164. The van der Waals surface area contributed by atoms with Gasteiger partial charge in [-0.15, -0.1) is 0 Å². The number of carbonyl (C=O) groups is 1. The van der Waals surface area contributed by atoms with Crippen molar-refractivity contribution in [3.63, 3.8) is 0 Å². The third kappa shape index (κ3) is 4.20. The zero-order valence-corrected chi connectivity index (χ0v) is 12.9. The van der Waals surface area contributed by atoms with Gasteiger partial charge in [0.25, 0.3) is 0 Å². The van der Waals surface area contributed by atoms with E-state index in [-0.39, 0.29) is 17.5 Å². The number of hydrogen-bond acceptors (Lipinski definition) is 3. The summed E-state index contributed by atoms with van der Waals surface area (Å²) in [7, 11) is 0. The molecule has 0 aliphatic heterocycles. The molecule has 112 valence electrons. The van der Waals surface area contributed by atoms with Crippen molar-refractivity contribution in [2.24, 2.45) is 5.41 Å². The van der Waals surface area contributed by atoms with Crippen molar-refractivity contribution < 1.29 is 14.3 Å². The summed E-state index contributed by atoms with van der Waals surface area (Å²) in [6, 6.07) is 0. The molecule has 1 aliphatic rings. The van der Waals surface area contributed by atoms with E-state index in [9.17, 15) is 4.79 Å². The van der Waals surface area contributed by atoms with Crippen LogP contribution in [0.25, 0.3) is 0 Å². The maximum absolute atomic E-state index is 12.4. The molecule has 0 N–H and O–H groups in total. The average molecular weight is 270 g/mol. The van der Waals surface area contributed by atoms with Crippen LogP contribution in [-0.4, -0.2) is 25.3 Å². The first-order valence-corrected chi connectivity index (χ1v) is 8.00. The molecule has 0 aromatic carbocycles. The molecule has 0 amide bonds. The van der Waals surface area contributed by atoms with E-state index in [1.807, 2.05) is 13.8 Å². The lowest BCUT2D eigenvalue weighted by Crippen LogP contribution is -2.41. The molecule has 2 unspecified atom stereocenters. The third-order valence-corrected chi connectivity index (χ3v) is 4.23. The summed E-state index contributed by atoms with van der Waals surface area (Å²) in [6.45, 7) is 7.24. The average Bonchev–Trinajstić information content (AvgIpc) is 2.80. The summed E-state index contributed by atoms with van der Waals surface area (Å²) >= 11 is 0. The highest BCUT2D eigenvalue weighted by atomic mass is 16.5. The second-order valence-corrected chi connectivity index (χ2v) is 5.52. The normalized spacial score (nSPS) is 26.6. The smallest absolute Gasteiger partial charge is 0.314 e. The van der Waals surface area contributed by atoms with Gasteiger partial charge in [-0.2, -0.15) is 0 Å². The van der Waals surface area contributed by atoms with Crippen LogP contribution in [-0.2, 0) is 14.3 Å². The molecule has 19 heavy (non-hydrogen) atoms. The molecule has 0 saturated heterocycles. The van der Waals surface area contributed by atoms with Gasteiger partial charge in [-0.1, -0.05) is 32.6 Å². The van der Waals surface area contributed by atoms with Crippen molar-refractivity contribution in [3.8, 4) is 0 Å². The van der Waals surface area contributed by atoms with E-state index in [0.29, 0.717) is 13.2 Å². The van der Waals surface area contributed by atoms with Crippen molar-refractivity contribution >= 4 is 5.97 Å². The second kappa shape index (κ2) is 8.57. The third-order valence-electron chi connectivity index (χ3n) is 4.23. The largest absolute Gasteiger partial charge is 0.465 e. The molecule has 1 rings (SSSR count). The zero-order valence-electron chi connectivity index (χ0n) is 12.9.